The summed E-state index contributed by atoms with van der Waals surface area (Å²) in [6, 6.07) is 12.4. The van der Waals surface area contributed by atoms with Gasteiger partial charge in [0.15, 0.2) is 5.11 Å². The summed E-state index contributed by atoms with van der Waals surface area (Å²) in [6.07, 6.45) is 2.34. The molecule has 1 N–H and O–H groups in total. The highest BCUT2D eigenvalue weighted by Gasteiger charge is 2.19. The number of anilines is 2. The van der Waals surface area contributed by atoms with Crippen LogP contribution in [0.5, 0.6) is 5.75 Å². The van der Waals surface area contributed by atoms with E-state index >= 15 is 0 Å². The summed E-state index contributed by atoms with van der Waals surface area (Å²) in [4.78, 5) is 7.15. The lowest BCUT2D eigenvalue weighted by atomic mass is 9.99. The van der Waals surface area contributed by atoms with Gasteiger partial charge < -0.3 is 24.6 Å². The minimum atomic E-state index is 0.640. The van der Waals surface area contributed by atoms with Gasteiger partial charge in [0.2, 0.25) is 0 Å². The van der Waals surface area contributed by atoms with Gasteiger partial charge in [-0.05, 0) is 67.4 Å². The first kappa shape index (κ1) is 25.0. The van der Waals surface area contributed by atoms with E-state index in [1.807, 2.05) is 18.2 Å². The molecule has 0 radical (unpaired) electrons. The third-order valence-electron chi connectivity index (χ3n) is 6.59. The molecule has 0 bridgehead atoms. The van der Waals surface area contributed by atoms with Crippen LogP contribution in [-0.2, 0) is 17.7 Å². The number of morpholine rings is 1. The molecule has 0 saturated carbocycles. The first-order chi connectivity index (χ1) is 16.6. The second-order valence-corrected chi connectivity index (χ2v) is 9.62. The average molecular weight is 503 g/mol. The highest BCUT2D eigenvalue weighted by Crippen LogP contribution is 2.30. The van der Waals surface area contributed by atoms with Gasteiger partial charge in [-0.3, -0.25) is 4.90 Å². The van der Waals surface area contributed by atoms with Crippen LogP contribution in [0.25, 0.3) is 0 Å². The summed E-state index contributed by atoms with van der Waals surface area (Å²) in [5.41, 5.74) is 4.87. The second kappa shape index (κ2) is 12.1. The highest BCUT2D eigenvalue weighted by atomic mass is 35.5. The first-order valence-electron chi connectivity index (χ1n) is 12.1. The van der Waals surface area contributed by atoms with E-state index in [2.05, 4.69) is 45.1 Å². The molecule has 2 aromatic rings. The molecule has 6 nitrogen and oxygen atoms in total. The fourth-order valence-electron chi connectivity index (χ4n) is 4.69. The molecule has 34 heavy (non-hydrogen) atoms. The number of nitrogens with one attached hydrogen (secondary N) is 1. The van der Waals surface area contributed by atoms with Gasteiger partial charge in [0, 0.05) is 56.5 Å². The minimum absolute atomic E-state index is 0.640. The number of methoxy groups -OCH3 is 1. The summed E-state index contributed by atoms with van der Waals surface area (Å²) >= 11 is 12.1. The fourth-order valence-corrected chi connectivity index (χ4v) is 5.12. The normalized spacial score (nSPS) is 16.1. The predicted molar refractivity (Wildman–Crippen MR) is 145 cm³/mol. The Morgan fingerprint density at radius 2 is 2.00 bits per heavy atom. The topological polar surface area (TPSA) is 40.2 Å². The highest BCUT2D eigenvalue weighted by molar-refractivity contribution is 7.80. The summed E-state index contributed by atoms with van der Waals surface area (Å²) in [7, 11) is 1.65. The van der Waals surface area contributed by atoms with Crippen molar-refractivity contribution in [2.24, 2.45) is 0 Å². The average Bonchev–Trinajstić information content (AvgIpc) is 2.86. The summed E-state index contributed by atoms with van der Waals surface area (Å²) in [5, 5.41) is 4.69. The molecule has 0 amide bonds. The van der Waals surface area contributed by atoms with E-state index in [0.29, 0.717) is 15.9 Å². The van der Waals surface area contributed by atoms with Crippen molar-refractivity contribution in [1.82, 2.24) is 9.80 Å². The molecule has 1 fully saturated rings. The van der Waals surface area contributed by atoms with Crippen LogP contribution in [0.4, 0.5) is 11.4 Å². The zero-order chi connectivity index (χ0) is 23.9. The van der Waals surface area contributed by atoms with Crippen molar-refractivity contribution in [3.8, 4) is 5.75 Å². The smallest absolute Gasteiger partial charge is 0.173 e. The van der Waals surface area contributed by atoms with Gasteiger partial charge in [0.05, 0.1) is 26.0 Å². The maximum atomic E-state index is 6.25. The lowest BCUT2D eigenvalue weighted by Crippen LogP contribution is -2.44. The van der Waals surface area contributed by atoms with Crippen LogP contribution in [-0.4, -0.2) is 74.5 Å². The zero-order valence-electron chi connectivity index (χ0n) is 20.2. The van der Waals surface area contributed by atoms with Crippen molar-refractivity contribution in [2.75, 3.05) is 69.8 Å². The largest absolute Gasteiger partial charge is 0.495 e. The minimum Gasteiger partial charge on any atom is -0.495 e. The third-order valence-corrected chi connectivity index (χ3v) is 7.19. The number of fused-ring (bicyclic) bond motifs is 1. The van der Waals surface area contributed by atoms with Gasteiger partial charge in [0.25, 0.3) is 0 Å². The van der Waals surface area contributed by atoms with E-state index in [1.165, 1.54) is 23.2 Å². The Labute approximate surface area is 213 Å². The molecule has 2 aromatic carbocycles. The Bertz CT molecular complexity index is 983. The Kier molecular flexibility index (Phi) is 8.89. The van der Waals surface area contributed by atoms with Crippen LogP contribution in [0.1, 0.15) is 24.5 Å². The molecule has 0 atom stereocenters. The maximum absolute atomic E-state index is 6.25. The van der Waals surface area contributed by atoms with Gasteiger partial charge in [-0.1, -0.05) is 23.7 Å². The molecule has 0 unspecified atom stereocenters. The van der Waals surface area contributed by atoms with E-state index in [1.54, 1.807) is 7.11 Å². The summed E-state index contributed by atoms with van der Waals surface area (Å²) in [5.74, 6) is 0.716. The lowest BCUT2D eigenvalue weighted by Gasteiger charge is -2.33. The third kappa shape index (κ3) is 6.33. The number of ether oxygens (including phenoxy) is 2. The molecule has 184 valence electrons. The van der Waals surface area contributed by atoms with E-state index in [4.69, 9.17) is 33.3 Å². The molecular weight excluding hydrogens is 468 g/mol. The van der Waals surface area contributed by atoms with Crippen LogP contribution >= 0.6 is 23.8 Å². The van der Waals surface area contributed by atoms with Crippen molar-refractivity contribution in [1.29, 1.82) is 0 Å². The van der Waals surface area contributed by atoms with Crippen LogP contribution in [0.3, 0.4) is 0 Å². The quantitative estimate of drug-likeness (QED) is 0.527. The van der Waals surface area contributed by atoms with Crippen molar-refractivity contribution in [3.63, 3.8) is 0 Å². The number of aryl methyl sites for hydroxylation is 1. The fraction of sp³-hybridized carbons (Fsp3) is 0.500. The number of nitrogens with zero attached hydrogens (tertiary/aromatic N) is 3. The van der Waals surface area contributed by atoms with Crippen molar-refractivity contribution in [2.45, 2.75) is 26.3 Å². The van der Waals surface area contributed by atoms with Gasteiger partial charge in [-0.15, -0.1) is 0 Å². The van der Waals surface area contributed by atoms with Crippen molar-refractivity contribution >= 4 is 40.3 Å². The van der Waals surface area contributed by atoms with E-state index < -0.39 is 0 Å². The van der Waals surface area contributed by atoms with E-state index in [-0.39, 0.29) is 0 Å². The van der Waals surface area contributed by atoms with E-state index in [9.17, 15) is 0 Å². The number of hydrogen-bond donors (Lipinski definition) is 1. The molecule has 0 spiro atoms. The second-order valence-electron chi connectivity index (χ2n) is 8.80. The van der Waals surface area contributed by atoms with E-state index in [0.717, 1.165) is 71.1 Å². The predicted octanol–water partition coefficient (Wildman–Crippen LogP) is 4.65. The van der Waals surface area contributed by atoms with Gasteiger partial charge in [-0.2, -0.15) is 0 Å². The molecule has 2 aliphatic heterocycles. The maximum Gasteiger partial charge on any atom is 0.173 e. The monoisotopic (exact) mass is 502 g/mol. The first-order valence-corrected chi connectivity index (χ1v) is 12.9. The molecule has 0 aromatic heterocycles. The molecule has 4 rings (SSSR count). The van der Waals surface area contributed by atoms with Crippen molar-refractivity contribution < 1.29 is 9.47 Å². The summed E-state index contributed by atoms with van der Waals surface area (Å²) < 4.78 is 11.0. The lowest BCUT2D eigenvalue weighted by molar-refractivity contribution is 0.0358. The Hall–Kier alpha value is -2.06. The number of benzene rings is 2. The molecule has 2 heterocycles. The Morgan fingerprint density at radius 3 is 2.76 bits per heavy atom. The molecule has 0 aliphatic carbocycles. The van der Waals surface area contributed by atoms with Crippen LogP contribution in [0.15, 0.2) is 36.4 Å². The van der Waals surface area contributed by atoms with Crippen LogP contribution in [0.2, 0.25) is 5.02 Å². The number of hydrogen-bond acceptors (Lipinski definition) is 5. The number of rotatable bonds is 8. The standard InChI is InChI=1S/C26H35ClN4O2S/c1-3-30-10-4-5-21-17-20(6-8-24(21)30)19-31(12-11-29-13-15-33-16-14-29)26(34)28-23-18-22(27)7-9-25(23)32-2/h6-9,17-18H,3-5,10-16,19H2,1-2H3,(H,28,34). The Morgan fingerprint density at radius 1 is 1.18 bits per heavy atom. The van der Waals surface area contributed by atoms with Crippen LogP contribution in [0, 0.1) is 0 Å². The van der Waals surface area contributed by atoms with Crippen molar-refractivity contribution in [3.05, 3.63) is 52.5 Å². The number of thiocarbonyl (C=S) groups is 1. The summed E-state index contributed by atoms with van der Waals surface area (Å²) in [6.45, 7) is 10.4. The number of halogens is 1. The van der Waals surface area contributed by atoms with Crippen LogP contribution < -0.4 is 15.0 Å². The molecule has 8 heteroatoms. The van der Waals surface area contributed by atoms with Gasteiger partial charge in [0.1, 0.15) is 5.75 Å². The Balaban J connectivity index is 1.51. The molecule has 2 aliphatic rings. The SMILES string of the molecule is CCN1CCCc2cc(CN(CCN3CCOCC3)C(=S)Nc3cc(Cl)ccc3OC)ccc21. The molecular formula is C26H35ClN4O2S. The van der Waals surface area contributed by atoms with Gasteiger partial charge in [-0.25, -0.2) is 0 Å². The molecule has 1 saturated heterocycles. The zero-order valence-corrected chi connectivity index (χ0v) is 21.8. The van der Waals surface area contributed by atoms with Gasteiger partial charge >= 0.3 is 0 Å².